The van der Waals surface area contributed by atoms with Crippen LogP contribution in [-0.4, -0.2) is 29.0 Å². The molecule has 0 saturated heterocycles. The van der Waals surface area contributed by atoms with Crippen molar-refractivity contribution in [2.24, 2.45) is 5.73 Å². The predicted octanol–water partition coefficient (Wildman–Crippen LogP) is 2.32. The van der Waals surface area contributed by atoms with Gasteiger partial charge in [0.2, 0.25) is 0 Å². The van der Waals surface area contributed by atoms with Crippen molar-refractivity contribution in [1.82, 2.24) is 4.90 Å². The second kappa shape index (κ2) is 6.36. The number of rotatable bonds is 4. The summed E-state index contributed by atoms with van der Waals surface area (Å²) in [5.41, 5.74) is 5.60. The fourth-order valence-electron chi connectivity index (χ4n) is 2.32. The smallest absolute Gasteiger partial charge is 0.0870 e. The molecule has 0 radical (unpaired) electrons. The van der Waals surface area contributed by atoms with Crippen LogP contribution in [0.2, 0.25) is 0 Å². The molecule has 1 aliphatic rings. The summed E-state index contributed by atoms with van der Waals surface area (Å²) in [6.07, 6.45) is 8.21. The van der Waals surface area contributed by atoms with E-state index in [4.69, 9.17) is 18.0 Å². The van der Waals surface area contributed by atoms with Crippen LogP contribution >= 0.6 is 12.2 Å². The van der Waals surface area contributed by atoms with Gasteiger partial charge in [0.1, 0.15) is 0 Å². The van der Waals surface area contributed by atoms with Gasteiger partial charge in [0, 0.05) is 12.6 Å². The molecule has 0 amide bonds. The van der Waals surface area contributed by atoms with E-state index in [1.54, 1.807) is 0 Å². The van der Waals surface area contributed by atoms with E-state index in [1.165, 1.54) is 38.5 Å². The van der Waals surface area contributed by atoms with Crippen molar-refractivity contribution in [1.29, 1.82) is 0 Å². The minimum absolute atomic E-state index is 0.635. The van der Waals surface area contributed by atoms with E-state index in [0.717, 1.165) is 19.1 Å². The van der Waals surface area contributed by atoms with Crippen molar-refractivity contribution in [3.05, 3.63) is 0 Å². The Bertz CT molecular complexity index is 174. The normalized spacial score (nSPS) is 19.6. The van der Waals surface area contributed by atoms with Crippen molar-refractivity contribution in [2.75, 3.05) is 13.1 Å². The van der Waals surface area contributed by atoms with Crippen LogP contribution in [0, 0.1) is 0 Å². The van der Waals surface area contributed by atoms with Gasteiger partial charge in [-0.05, 0) is 19.4 Å². The molecule has 0 aromatic carbocycles. The first kappa shape index (κ1) is 11.9. The molecule has 3 heteroatoms. The zero-order valence-corrected chi connectivity index (χ0v) is 9.98. The van der Waals surface area contributed by atoms with Crippen LogP contribution < -0.4 is 5.73 Å². The first-order chi connectivity index (χ1) is 6.74. The number of hydrogen-bond donors (Lipinski definition) is 1. The molecule has 1 fully saturated rings. The van der Waals surface area contributed by atoms with Gasteiger partial charge in [-0.1, -0.05) is 44.8 Å². The highest BCUT2D eigenvalue weighted by Gasteiger charge is 2.18. The first-order valence-electron chi connectivity index (χ1n) is 5.76. The van der Waals surface area contributed by atoms with Gasteiger partial charge in [0.25, 0.3) is 0 Å². The standard InChI is InChI=1S/C11H22N2S/c1-2-13(9-11(12)14)10-7-5-3-4-6-8-10/h10H,2-9H2,1H3,(H2,12,14). The zero-order valence-electron chi connectivity index (χ0n) is 9.17. The second-order valence-electron chi connectivity index (χ2n) is 4.17. The molecule has 14 heavy (non-hydrogen) atoms. The molecule has 0 atom stereocenters. The third kappa shape index (κ3) is 3.93. The molecule has 0 aliphatic heterocycles. The lowest BCUT2D eigenvalue weighted by atomic mass is 10.1. The fourth-order valence-corrected chi connectivity index (χ4v) is 2.49. The Morgan fingerprint density at radius 2 is 1.86 bits per heavy atom. The van der Waals surface area contributed by atoms with Gasteiger partial charge >= 0.3 is 0 Å². The Kier molecular flexibility index (Phi) is 5.41. The number of likely N-dealkylation sites (N-methyl/N-ethyl adjacent to an activating group) is 1. The van der Waals surface area contributed by atoms with E-state index in [0.29, 0.717) is 4.99 Å². The highest BCUT2D eigenvalue weighted by atomic mass is 32.1. The highest BCUT2D eigenvalue weighted by Crippen LogP contribution is 2.21. The minimum atomic E-state index is 0.635. The molecule has 0 spiro atoms. The number of thiocarbonyl (C=S) groups is 1. The van der Waals surface area contributed by atoms with Crippen molar-refractivity contribution < 1.29 is 0 Å². The maximum Gasteiger partial charge on any atom is 0.0870 e. The molecule has 0 aromatic heterocycles. The van der Waals surface area contributed by atoms with Crippen LogP contribution in [0.15, 0.2) is 0 Å². The Labute approximate surface area is 92.8 Å². The van der Waals surface area contributed by atoms with E-state index < -0.39 is 0 Å². The molecule has 0 unspecified atom stereocenters. The molecule has 2 N–H and O–H groups in total. The number of hydrogen-bond acceptors (Lipinski definition) is 2. The largest absolute Gasteiger partial charge is 0.392 e. The SMILES string of the molecule is CCN(CC(N)=S)C1CCCCCC1. The van der Waals surface area contributed by atoms with Gasteiger partial charge in [0.05, 0.1) is 4.99 Å². The van der Waals surface area contributed by atoms with Crippen molar-refractivity contribution in [3.63, 3.8) is 0 Å². The van der Waals surface area contributed by atoms with E-state index in [-0.39, 0.29) is 0 Å². The van der Waals surface area contributed by atoms with Gasteiger partial charge in [0.15, 0.2) is 0 Å². The lowest BCUT2D eigenvalue weighted by Crippen LogP contribution is -2.40. The molecule has 82 valence electrons. The van der Waals surface area contributed by atoms with Gasteiger partial charge in [-0.25, -0.2) is 0 Å². The summed E-state index contributed by atoms with van der Waals surface area (Å²) in [6.45, 7) is 4.07. The monoisotopic (exact) mass is 214 g/mol. The molecule has 0 bridgehead atoms. The van der Waals surface area contributed by atoms with Crippen LogP contribution in [0.5, 0.6) is 0 Å². The molecule has 0 aromatic rings. The molecule has 0 heterocycles. The number of nitrogens with zero attached hydrogens (tertiary/aromatic N) is 1. The van der Waals surface area contributed by atoms with E-state index >= 15 is 0 Å². The van der Waals surface area contributed by atoms with Gasteiger partial charge in [-0.2, -0.15) is 0 Å². The topological polar surface area (TPSA) is 29.3 Å². The third-order valence-electron chi connectivity index (χ3n) is 3.11. The summed E-state index contributed by atoms with van der Waals surface area (Å²) in [5, 5.41) is 0. The molecule has 1 rings (SSSR count). The Balaban J connectivity index is 2.44. The van der Waals surface area contributed by atoms with Crippen LogP contribution in [0.4, 0.5) is 0 Å². The average molecular weight is 214 g/mol. The van der Waals surface area contributed by atoms with Crippen molar-refractivity contribution in [2.45, 2.75) is 51.5 Å². The summed E-state index contributed by atoms with van der Waals surface area (Å²) >= 11 is 4.98. The van der Waals surface area contributed by atoms with Crippen molar-refractivity contribution in [3.8, 4) is 0 Å². The average Bonchev–Trinajstić information content (AvgIpc) is 2.41. The maximum absolute atomic E-state index is 5.60. The molecular formula is C11H22N2S. The Hall–Kier alpha value is -0.150. The molecular weight excluding hydrogens is 192 g/mol. The van der Waals surface area contributed by atoms with Crippen LogP contribution in [0.25, 0.3) is 0 Å². The van der Waals surface area contributed by atoms with E-state index in [1.807, 2.05) is 0 Å². The predicted molar refractivity (Wildman–Crippen MR) is 65.5 cm³/mol. The summed E-state index contributed by atoms with van der Waals surface area (Å²) < 4.78 is 0. The van der Waals surface area contributed by atoms with Crippen molar-refractivity contribution >= 4 is 17.2 Å². The van der Waals surface area contributed by atoms with Gasteiger partial charge < -0.3 is 5.73 Å². The lowest BCUT2D eigenvalue weighted by Gasteiger charge is -2.29. The zero-order chi connectivity index (χ0) is 10.4. The van der Waals surface area contributed by atoms with Crippen LogP contribution in [0.3, 0.4) is 0 Å². The Morgan fingerprint density at radius 3 is 2.29 bits per heavy atom. The van der Waals surface area contributed by atoms with Crippen LogP contribution in [-0.2, 0) is 0 Å². The highest BCUT2D eigenvalue weighted by molar-refractivity contribution is 7.80. The third-order valence-corrected chi connectivity index (χ3v) is 3.24. The lowest BCUT2D eigenvalue weighted by molar-refractivity contribution is 0.215. The summed E-state index contributed by atoms with van der Waals surface area (Å²) in [5.74, 6) is 0. The first-order valence-corrected chi connectivity index (χ1v) is 6.17. The number of nitrogens with two attached hydrogens (primary N) is 1. The maximum atomic E-state index is 5.60. The fraction of sp³-hybridized carbons (Fsp3) is 0.909. The van der Waals surface area contributed by atoms with Gasteiger partial charge in [-0.3, -0.25) is 4.90 Å². The van der Waals surface area contributed by atoms with E-state index in [9.17, 15) is 0 Å². The summed E-state index contributed by atoms with van der Waals surface area (Å²) in [7, 11) is 0. The molecule has 2 nitrogen and oxygen atoms in total. The van der Waals surface area contributed by atoms with Crippen LogP contribution in [0.1, 0.15) is 45.4 Å². The van der Waals surface area contributed by atoms with Gasteiger partial charge in [-0.15, -0.1) is 0 Å². The van der Waals surface area contributed by atoms with E-state index in [2.05, 4.69) is 11.8 Å². The quantitative estimate of drug-likeness (QED) is 0.575. The molecule has 1 saturated carbocycles. The summed E-state index contributed by atoms with van der Waals surface area (Å²) in [4.78, 5) is 3.07. The minimum Gasteiger partial charge on any atom is -0.392 e. The second-order valence-corrected chi connectivity index (χ2v) is 4.70. The molecule has 1 aliphatic carbocycles. The Morgan fingerprint density at radius 1 is 1.29 bits per heavy atom. The summed E-state index contributed by atoms with van der Waals surface area (Å²) in [6, 6.07) is 0.726.